The topological polar surface area (TPSA) is 47.0 Å². The Kier molecular flexibility index (Phi) is 6.05. The lowest BCUT2D eigenvalue weighted by atomic mass is 10.1. The normalized spacial score (nSPS) is 10.6. The van der Waals surface area contributed by atoms with E-state index < -0.39 is 0 Å². The first-order valence-electron chi connectivity index (χ1n) is 6.02. The Balaban J connectivity index is 2.48. The van der Waals surface area contributed by atoms with Crippen molar-refractivity contribution in [3.63, 3.8) is 0 Å². The molecule has 0 aliphatic carbocycles. The second-order valence-corrected chi connectivity index (χ2v) is 4.67. The molecule has 1 aromatic rings. The van der Waals surface area contributed by atoms with Crippen molar-refractivity contribution in [1.82, 2.24) is 9.97 Å². The van der Waals surface area contributed by atoms with Crippen molar-refractivity contribution in [3.05, 3.63) is 11.2 Å². The van der Waals surface area contributed by atoms with Crippen LogP contribution in [0.3, 0.4) is 0 Å². The van der Waals surface area contributed by atoms with E-state index in [2.05, 4.69) is 29.1 Å². The average molecular weight is 258 g/mol. The van der Waals surface area contributed by atoms with Gasteiger partial charge in [-0.25, -0.2) is 4.98 Å². The first kappa shape index (κ1) is 14.0. The van der Waals surface area contributed by atoms with E-state index in [1.807, 2.05) is 6.92 Å². The minimum atomic E-state index is 0.455. The maximum absolute atomic E-state index is 5.96. The molecular weight excluding hydrogens is 238 g/mol. The molecule has 4 nitrogen and oxygen atoms in total. The van der Waals surface area contributed by atoms with E-state index in [1.54, 1.807) is 6.20 Å². The molecule has 0 unspecified atom stereocenters. The Hall–Kier alpha value is -1.03. The molecule has 1 heterocycles. The third kappa shape index (κ3) is 5.22. The summed E-state index contributed by atoms with van der Waals surface area (Å²) in [4.78, 5) is 8.25. The van der Waals surface area contributed by atoms with Crippen molar-refractivity contribution >= 4 is 17.5 Å². The fraction of sp³-hybridized carbons (Fsp3) is 0.667. The lowest BCUT2D eigenvalue weighted by Gasteiger charge is -2.09. The number of aromatic nitrogens is 2. The van der Waals surface area contributed by atoms with Crippen molar-refractivity contribution in [2.24, 2.45) is 5.92 Å². The molecule has 0 bridgehead atoms. The molecule has 1 aromatic heterocycles. The van der Waals surface area contributed by atoms with Gasteiger partial charge in [0.15, 0.2) is 0 Å². The summed E-state index contributed by atoms with van der Waals surface area (Å²) in [6, 6.07) is 0. The van der Waals surface area contributed by atoms with Gasteiger partial charge in [-0.15, -0.1) is 0 Å². The molecule has 0 aliphatic heterocycles. The van der Waals surface area contributed by atoms with Crippen molar-refractivity contribution in [2.75, 3.05) is 18.5 Å². The van der Waals surface area contributed by atoms with Crippen molar-refractivity contribution < 1.29 is 4.74 Å². The van der Waals surface area contributed by atoms with E-state index in [9.17, 15) is 0 Å². The molecule has 0 atom stereocenters. The molecule has 0 spiro atoms. The minimum absolute atomic E-state index is 0.455. The number of ether oxygens (including phenoxy) is 1. The number of anilines is 1. The van der Waals surface area contributed by atoms with Crippen molar-refractivity contribution in [1.29, 1.82) is 0 Å². The summed E-state index contributed by atoms with van der Waals surface area (Å²) < 4.78 is 5.55. The molecule has 0 aromatic carbocycles. The van der Waals surface area contributed by atoms with Gasteiger partial charge >= 0.3 is 0 Å². The molecule has 0 saturated carbocycles. The summed E-state index contributed by atoms with van der Waals surface area (Å²) in [6.45, 7) is 7.79. The molecular formula is C12H20ClN3O. The van der Waals surface area contributed by atoms with Gasteiger partial charge in [0.05, 0.1) is 12.8 Å². The van der Waals surface area contributed by atoms with Crippen LogP contribution in [0.25, 0.3) is 0 Å². The summed E-state index contributed by atoms with van der Waals surface area (Å²) in [7, 11) is 0. The highest BCUT2D eigenvalue weighted by molar-refractivity contribution is 6.31. The molecule has 96 valence electrons. The highest BCUT2D eigenvalue weighted by atomic mass is 35.5. The van der Waals surface area contributed by atoms with Crippen LogP contribution in [0.5, 0.6) is 5.88 Å². The van der Waals surface area contributed by atoms with E-state index >= 15 is 0 Å². The van der Waals surface area contributed by atoms with Crippen LogP contribution in [0.1, 0.15) is 33.6 Å². The van der Waals surface area contributed by atoms with Crippen LogP contribution in [-0.2, 0) is 0 Å². The third-order valence-electron chi connectivity index (χ3n) is 2.21. The zero-order valence-electron chi connectivity index (χ0n) is 10.7. The Morgan fingerprint density at radius 2 is 2.24 bits per heavy atom. The number of rotatable bonds is 7. The SMILES string of the molecule is CCNc1ncc(Cl)c(OCCCC(C)C)n1. The lowest BCUT2D eigenvalue weighted by molar-refractivity contribution is 0.287. The summed E-state index contributed by atoms with van der Waals surface area (Å²) in [5.74, 6) is 1.70. The Morgan fingerprint density at radius 1 is 1.47 bits per heavy atom. The smallest absolute Gasteiger partial charge is 0.237 e. The number of halogens is 1. The van der Waals surface area contributed by atoms with E-state index in [0.29, 0.717) is 29.4 Å². The third-order valence-corrected chi connectivity index (χ3v) is 2.47. The monoisotopic (exact) mass is 257 g/mol. The van der Waals surface area contributed by atoms with Crippen LogP contribution >= 0.6 is 11.6 Å². The van der Waals surface area contributed by atoms with Gasteiger partial charge < -0.3 is 10.1 Å². The van der Waals surface area contributed by atoms with Gasteiger partial charge in [-0.1, -0.05) is 25.4 Å². The second-order valence-electron chi connectivity index (χ2n) is 4.26. The molecule has 5 heteroatoms. The predicted molar refractivity (Wildman–Crippen MR) is 70.8 cm³/mol. The van der Waals surface area contributed by atoms with Gasteiger partial charge in [0, 0.05) is 6.54 Å². The first-order valence-corrected chi connectivity index (χ1v) is 6.40. The average Bonchev–Trinajstić information content (AvgIpc) is 2.28. The zero-order chi connectivity index (χ0) is 12.7. The fourth-order valence-electron chi connectivity index (χ4n) is 1.36. The van der Waals surface area contributed by atoms with Crippen molar-refractivity contribution in [3.8, 4) is 5.88 Å². The summed E-state index contributed by atoms with van der Waals surface area (Å²) >= 11 is 5.96. The van der Waals surface area contributed by atoms with Crippen LogP contribution in [0.4, 0.5) is 5.95 Å². The van der Waals surface area contributed by atoms with Gasteiger partial charge in [0.25, 0.3) is 0 Å². The highest BCUT2D eigenvalue weighted by Crippen LogP contribution is 2.22. The van der Waals surface area contributed by atoms with Crippen molar-refractivity contribution in [2.45, 2.75) is 33.6 Å². The molecule has 0 saturated heterocycles. The van der Waals surface area contributed by atoms with Crippen LogP contribution in [0.15, 0.2) is 6.20 Å². The van der Waals surface area contributed by atoms with Gasteiger partial charge in [-0.2, -0.15) is 4.98 Å². The van der Waals surface area contributed by atoms with Gasteiger partial charge in [0.2, 0.25) is 11.8 Å². The standard InChI is InChI=1S/C12H20ClN3O/c1-4-14-12-15-8-10(13)11(16-12)17-7-5-6-9(2)3/h8-9H,4-7H2,1-3H3,(H,14,15,16). The van der Waals surface area contributed by atoms with Crippen LogP contribution in [0, 0.1) is 5.92 Å². The molecule has 0 amide bonds. The number of hydrogen-bond acceptors (Lipinski definition) is 4. The largest absolute Gasteiger partial charge is 0.476 e. The maximum atomic E-state index is 5.96. The molecule has 1 N–H and O–H groups in total. The van der Waals surface area contributed by atoms with E-state index in [-0.39, 0.29) is 0 Å². The minimum Gasteiger partial charge on any atom is -0.476 e. The quantitative estimate of drug-likeness (QED) is 0.761. The van der Waals surface area contributed by atoms with E-state index in [0.717, 1.165) is 19.4 Å². The summed E-state index contributed by atoms with van der Waals surface area (Å²) in [5.41, 5.74) is 0. The molecule has 0 aliphatic rings. The van der Waals surface area contributed by atoms with Crippen LogP contribution in [0.2, 0.25) is 5.02 Å². The molecule has 0 fully saturated rings. The fourth-order valence-corrected chi connectivity index (χ4v) is 1.50. The van der Waals surface area contributed by atoms with E-state index in [4.69, 9.17) is 16.3 Å². The number of nitrogens with zero attached hydrogens (tertiary/aromatic N) is 2. The predicted octanol–water partition coefficient (Wildman–Crippen LogP) is 3.38. The number of hydrogen-bond donors (Lipinski definition) is 1. The first-order chi connectivity index (χ1) is 8.13. The van der Waals surface area contributed by atoms with Gasteiger partial charge in [-0.05, 0) is 25.7 Å². The molecule has 0 radical (unpaired) electrons. The lowest BCUT2D eigenvalue weighted by Crippen LogP contribution is -2.06. The Morgan fingerprint density at radius 3 is 2.88 bits per heavy atom. The summed E-state index contributed by atoms with van der Waals surface area (Å²) in [5, 5.41) is 3.48. The Labute approximate surface area is 108 Å². The van der Waals surface area contributed by atoms with Gasteiger partial charge in [-0.3, -0.25) is 0 Å². The summed E-state index contributed by atoms with van der Waals surface area (Å²) in [6.07, 6.45) is 3.71. The second kappa shape index (κ2) is 7.33. The molecule has 17 heavy (non-hydrogen) atoms. The highest BCUT2D eigenvalue weighted by Gasteiger charge is 2.06. The van der Waals surface area contributed by atoms with Crippen LogP contribution < -0.4 is 10.1 Å². The zero-order valence-corrected chi connectivity index (χ0v) is 11.4. The molecule has 1 rings (SSSR count). The van der Waals surface area contributed by atoms with Gasteiger partial charge in [0.1, 0.15) is 5.02 Å². The maximum Gasteiger partial charge on any atom is 0.237 e. The van der Waals surface area contributed by atoms with Crippen LogP contribution in [-0.4, -0.2) is 23.1 Å². The number of nitrogens with one attached hydrogen (secondary N) is 1. The Bertz CT molecular complexity index is 345. The van der Waals surface area contributed by atoms with E-state index in [1.165, 1.54) is 0 Å².